The van der Waals surface area contributed by atoms with E-state index in [0.29, 0.717) is 0 Å². The fourth-order valence-electron chi connectivity index (χ4n) is 1.19. The Morgan fingerprint density at radius 1 is 1.50 bits per heavy atom. The van der Waals surface area contributed by atoms with Crippen LogP contribution in [0, 0.1) is 0 Å². The van der Waals surface area contributed by atoms with Crippen LogP contribution in [0.1, 0.15) is 12.5 Å². The van der Waals surface area contributed by atoms with E-state index in [4.69, 9.17) is 0 Å². The monoisotopic (exact) mass is 148 g/mol. The first-order valence-corrected chi connectivity index (χ1v) is 4.44. The largest absolute Gasteiger partial charge is 0.124 e. The lowest BCUT2D eigenvalue weighted by Gasteiger charge is -1.72. The fourth-order valence-corrected chi connectivity index (χ4v) is 2.35. The second-order valence-electron chi connectivity index (χ2n) is 2.41. The minimum Gasteiger partial charge on any atom is -0.124 e. The Morgan fingerprint density at radius 2 is 2.40 bits per heavy atom. The van der Waals surface area contributed by atoms with E-state index < -0.39 is 0 Å². The molecule has 0 saturated heterocycles. The molecule has 1 unspecified atom stereocenters. The number of rotatable bonds is 0. The molecule has 1 atom stereocenters. The van der Waals surface area contributed by atoms with Crippen molar-refractivity contribution in [2.24, 2.45) is 0 Å². The van der Waals surface area contributed by atoms with Crippen molar-refractivity contribution >= 4 is 26.4 Å². The zero-order chi connectivity index (χ0) is 6.97. The maximum absolute atomic E-state index is 2.27. The van der Waals surface area contributed by atoms with E-state index in [1.807, 2.05) is 0 Å². The minimum absolute atomic E-state index is 0.901. The van der Waals surface area contributed by atoms with E-state index in [9.17, 15) is 0 Å². The van der Waals surface area contributed by atoms with E-state index >= 15 is 0 Å². The Morgan fingerprint density at radius 3 is 3.10 bits per heavy atom. The molecule has 0 amide bonds. The van der Waals surface area contributed by atoms with E-state index in [1.54, 1.807) is 0 Å². The predicted octanol–water partition coefficient (Wildman–Crippen LogP) is 1.33. The lowest BCUT2D eigenvalue weighted by atomic mass is 10.3. The Bertz CT molecular complexity index is 379. The third-order valence-corrected chi connectivity index (χ3v) is 3.20. The maximum Gasteiger partial charge on any atom is -0.00124 e. The van der Waals surface area contributed by atoms with E-state index in [1.165, 1.54) is 15.5 Å². The first-order valence-electron chi connectivity index (χ1n) is 3.44. The van der Waals surface area contributed by atoms with Crippen LogP contribution in [0.3, 0.4) is 0 Å². The molecular formula is C9H9P. The van der Waals surface area contributed by atoms with Gasteiger partial charge >= 0.3 is 0 Å². The summed E-state index contributed by atoms with van der Waals surface area (Å²) in [6.45, 7) is 2.10. The zero-order valence-corrected chi connectivity index (χ0v) is 6.89. The van der Waals surface area contributed by atoms with Crippen LogP contribution in [0.15, 0.2) is 12.1 Å². The summed E-state index contributed by atoms with van der Waals surface area (Å²) in [4.78, 5) is 2.98. The highest BCUT2D eigenvalue weighted by Crippen LogP contribution is 2.04. The average molecular weight is 148 g/mol. The normalized spacial score (nSPS) is 16.3. The van der Waals surface area contributed by atoms with Gasteiger partial charge in [0.1, 0.15) is 0 Å². The molecule has 10 heavy (non-hydrogen) atoms. The van der Waals surface area contributed by atoms with Crippen LogP contribution in [0.5, 0.6) is 0 Å². The number of hydrogen-bond donors (Lipinski definition) is 0. The fraction of sp³-hybridized carbons (Fsp3) is 0.111. The number of fused-ring (bicyclic) bond motifs is 1. The standard InChI is InChI=1S/C9H9P/c1-2-8-6-7-4-3-5-9(7)10-8/h2-6,10H,1H3. The maximum atomic E-state index is 2.27. The van der Waals surface area contributed by atoms with Gasteiger partial charge in [0.2, 0.25) is 0 Å². The summed E-state index contributed by atoms with van der Waals surface area (Å²) in [6.07, 6.45) is 8.71. The van der Waals surface area contributed by atoms with Crippen LogP contribution in [0.4, 0.5) is 0 Å². The van der Waals surface area contributed by atoms with Gasteiger partial charge < -0.3 is 0 Å². The van der Waals surface area contributed by atoms with Gasteiger partial charge in [-0.1, -0.05) is 24.3 Å². The van der Waals surface area contributed by atoms with E-state index in [2.05, 4.69) is 37.3 Å². The molecule has 0 spiro atoms. The van der Waals surface area contributed by atoms with Crippen molar-refractivity contribution in [1.29, 1.82) is 0 Å². The smallest absolute Gasteiger partial charge is 0.00124 e. The summed E-state index contributed by atoms with van der Waals surface area (Å²) in [6, 6.07) is 2.27. The van der Waals surface area contributed by atoms with Crippen molar-refractivity contribution in [3.8, 4) is 0 Å². The molecule has 0 bridgehead atoms. The molecular weight excluding hydrogens is 139 g/mol. The summed E-state index contributed by atoms with van der Waals surface area (Å²) in [5.41, 5.74) is 1.42. The van der Waals surface area contributed by atoms with E-state index in [-0.39, 0.29) is 0 Å². The van der Waals surface area contributed by atoms with Gasteiger partial charge in [-0.25, -0.2) is 0 Å². The third-order valence-electron chi connectivity index (χ3n) is 1.75. The highest BCUT2D eigenvalue weighted by molar-refractivity contribution is 7.28. The highest BCUT2D eigenvalue weighted by Gasteiger charge is 1.95. The Hall–Kier alpha value is -0.740. The molecule has 0 aliphatic heterocycles. The van der Waals surface area contributed by atoms with Gasteiger partial charge in [-0.2, -0.15) is 0 Å². The Labute approximate surface area is 61.7 Å². The number of allylic oxidation sites excluding steroid dienone is 1. The van der Waals surface area contributed by atoms with Gasteiger partial charge in [0.25, 0.3) is 0 Å². The van der Waals surface area contributed by atoms with Crippen LogP contribution in [0.2, 0.25) is 0 Å². The average Bonchev–Trinajstić information content (AvgIpc) is 2.42. The zero-order valence-electron chi connectivity index (χ0n) is 5.89. The Kier molecular flexibility index (Phi) is 1.28. The van der Waals surface area contributed by atoms with Gasteiger partial charge in [-0.05, 0) is 28.5 Å². The van der Waals surface area contributed by atoms with Crippen molar-refractivity contribution in [2.75, 3.05) is 0 Å². The van der Waals surface area contributed by atoms with Crippen LogP contribution >= 0.6 is 8.19 Å². The summed E-state index contributed by atoms with van der Waals surface area (Å²) in [7, 11) is 0.901. The molecule has 1 aromatic rings. The highest BCUT2D eigenvalue weighted by atomic mass is 31.0. The molecule has 0 fully saturated rings. The molecule has 50 valence electrons. The van der Waals surface area contributed by atoms with Gasteiger partial charge in [0, 0.05) is 0 Å². The molecule has 1 heteroatoms. The second-order valence-corrected chi connectivity index (χ2v) is 3.77. The SMILES string of the molecule is CC=c1cc2c([pH]1)=CC=C2. The lowest BCUT2D eigenvalue weighted by molar-refractivity contribution is 1.77. The molecule has 0 nitrogen and oxygen atoms in total. The summed E-state index contributed by atoms with van der Waals surface area (Å²) in [5, 5.41) is 0. The third kappa shape index (κ3) is 0.767. The van der Waals surface area contributed by atoms with Crippen LogP contribution in [-0.2, 0) is 0 Å². The van der Waals surface area contributed by atoms with E-state index in [0.717, 1.165) is 8.19 Å². The van der Waals surface area contributed by atoms with Crippen molar-refractivity contribution in [2.45, 2.75) is 6.92 Å². The lowest BCUT2D eigenvalue weighted by Crippen LogP contribution is -1.87. The molecule has 1 aliphatic rings. The van der Waals surface area contributed by atoms with Gasteiger partial charge in [-0.15, -0.1) is 8.19 Å². The van der Waals surface area contributed by atoms with Crippen molar-refractivity contribution in [3.63, 3.8) is 0 Å². The first-order chi connectivity index (χ1) is 4.90. The Balaban J connectivity index is 2.82. The summed E-state index contributed by atoms with van der Waals surface area (Å²) < 4.78 is 0. The van der Waals surface area contributed by atoms with Crippen molar-refractivity contribution in [3.05, 3.63) is 27.6 Å². The topological polar surface area (TPSA) is 0 Å². The second kappa shape index (κ2) is 2.14. The molecule has 0 aromatic carbocycles. The van der Waals surface area contributed by atoms with Crippen molar-refractivity contribution < 1.29 is 0 Å². The van der Waals surface area contributed by atoms with Crippen LogP contribution < -0.4 is 9.90 Å². The molecule has 0 saturated carbocycles. The quantitative estimate of drug-likeness (QED) is 0.520. The molecule has 1 heterocycles. The molecule has 2 rings (SSSR count). The molecule has 0 N–H and O–H groups in total. The minimum atomic E-state index is 0.901. The molecule has 1 aliphatic carbocycles. The van der Waals surface area contributed by atoms with Crippen molar-refractivity contribution in [1.82, 2.24) is 0 Å². The summed E-state index contributed by atoms with van der Waals surface area (Å²) in [5.74, 6) is 0. The molecule has 1 aromatic heterocycles. The summed E-state index contributed by atoms with van der Waals surface area (Å²) >= 11 is 0. The van der Waals surface area contributed by atoms with Gasteiger partial charge in [0.05, 0.1) is 0 Å². The first kappa shape index (κ1) is 6.00. The predicted molar refractivity (Wildman–Crippen MR) is 48.8 cm³/mol. The number of hydrogen-bond acceptors (Lipinski definition) is 0. The molecule has 0 radical (unpaired) electrons. The van der Waals surface area contributed by atoms with Gasteiger partial charge in [-0.3, -0.25) is 0 Å². The van der Waals surface area contributed by atoms with Crippen LogP contribution in [-0.4, -0.2) is 0 Å². The van der Waals surface area contributed by atoms with Gasteiger partial charge in [0.15, 0.2) is 0 Å². The van der Waals surface area contributed by atoms with Crippen LogP contribution in [0.25, 0.3) is 18.2 Å².